The van der Waals surface area contributed by atoms with Crippen LogP contribution in [0.15, 0.2) is 59.7 Å². The van der Waals surface area contributed by atoms with Gasteiger partial charge in [0.05, 0.1) is 12.2 Å². The highest BCUT2D eigenvalue weighted by atomic mass is 16.5. The standard InChI is InChI=1S/C22H21N3O3/c1-14-5-7-17(12-15(14)2)22(9-11-28-18-4-3-10-23-20(18)22)25-21(27)16-6-8-19(26)24-13-16/h3-8,10,12-13H,9,11H2,1-2H3,(H,24,26)(H,25,27)/t22-/m0/s1. The summed E-state index contributed by atoms with van der Waals surface area (Å²) in [6.45, 7) is 4.56. The van der Waals surface area contributed by atoms with Gasteiger partial charge in [0.1, 0.15) is 17.0 Å². The van der Waals surface area contributed by atoms with Gasteiger partial charge in [-0.2, -0.15) is 0 Å². The Morgan fingerprint density at radius 2 is 2.04 bits per heavy atom. The molecule has 1 atom stereocenters. The molecule has 142 valence electrons. The summed E-state index contributed by atoms with van der Waals surface area (Å²) >= 11 is 0. The zero-order valence-electron chi connectivity index (χ0n) is 15.8. The van der Waals surface area contributed by atoms with E-state index in [4.69, 9.17) is 4.74 Å². The number of H-pyrrole nitrogens is 1. The van der Waals surface area contributed by atoms with Crippen molar-refractivity contribution in [3.05, 3.63) is 93.2 Å². The second-order valence-electron chi connectivity index (χ2n) is 7.05. The lowest BCUT2D eigenvalue weighted by atomic mass is 9.80. The molecule has 2 aromatic heterocycles. The topological polar surface area (TPSA) is 84.1 Å². The number of aromatic amines is 1. The van der Waals surface area contributed by atoms with Crippen molar-refractivity contribution in [3.63, 3.8) is 0 Å². The summed E-state index contributed by atoms with van der Waals surface area (Å²) in [4.78, 5) is 31.5. The van der Waals surface area contributed by atoms with Gasteiger partial charge >= 0.3 is 0 Å². The van der Waals surface area contributed by atoms with Gasteiger partial charge in [0.15, 0.2) is 0 Å². The number of aryl methyl sites for hydroxylation is 2. The molecule has 1 aromatic carbocycles. The number of ether oxygens (including phenoxy) is 1. The molecule has 0 unspecified atom stereocenters. The Balaban J connectivity index is 1.85. The van der Waals surface area contributed by atoms with Crippen molar-refractivity contribution >= 4 is 5.91 Å². The van der Waals surface area contributed by atoms with Crippen LogP contribution in [0.1, 0.15) is 39.2 Å². The molecular weight excluding hydrogens is 354 g/mol. The molecular formula is C22H21N3O3. The predicted octanol–water partition coefficient (Wildman–Crippen LogP) is 2.84. The molecule has 6 nitrogen and oxygen atoms in total. The maximum absolute atomic E-state index is 13.1. The van der Waals surface area contributed by atoms with Gasteiger partial charge in [-0.1, -0.05) is 18.2 Å². The molecule has 1 aliphatic rings. The summed E-state index contributed by atoms with van der Waals surface area (Å²) in [5.74, 6) is 0.377. The van der Waals surface area contributed by atoms with E-state index < -0.39 is 5.54 Å². The summed E-state index contributed by atoms with van der Waals surface area (Å²) in [5, 5.41) is 3.18. The summed E-state index contributed by atoms with van der Waals surface area (Å²) in [6, 6.07) is 12.7. The van der Waals surface area contributed by atoms with Crippen LogP contribution in [0.2, 0.25) is 0 Å². The van der Waals surface area contributed by atoms with Crippen molar-refractivity contribution in [1.29, 1.82) is 0 Å². The number of nitrogens with zero attached hydrogens (tertiary/aromatic N) is 1. The first-order valence-electron chi connectivity index (χ1n) is 9.17. The fourth-order valence-electron chi connectivity index (χ4n) is 3.56. The third-order valence-electron chi connectivity index (χ3n) is 5.28. The van der Waals surface area contributed by atoms with Crippen molar-refractivity contribution in [2.24, 2.45) is 0 Å². The first-order chi connectivity index (χ1) is 13.5. The first-order valence-corrected chi connectivity index (χ1v) is 9.17. The number of hydrogen-bond donors (Lipinski definition) is 2. The number of carbonyl (C=O) groups is 1. The Bertz CT molecular complexity index is 1090. The van der Waals surface area contributed by atoms with E-state index in [1.807, 2.05) is 18.2 Å². The highest BCUT2D eigenvalue weighted by Gasteiger charge is 2.42. The minimum atomic E-state index is -0.819. The van der Waals surface area contributed by atoms with Crippen LogP contribution in [0.3, 0.4) is 0 Å². The molecule has 0 radical (unpaired) electrons. The largest absolute Gasteiger partial charge is 0.491 e. The molecule has 3 aromatic rings. The second kappa shape index (κ2) is 6.96. The number of benzene rings is 1. The summed E-state index contributed by atoms with van der Waals surface area (Å²) in [6.07, 6.45) is 3.68. The van der Waals surface area contributed by atoms with Gasteiger partial charge in [0.25, 0.3) is 5.91 Å². The zero-order chi connectivity index (χ0) is 19.7. The fraction of sp³-hybridized carbons (Fsp3) is 0.227. The van der Waals surface area contributed by atoms with Gasteiger partial charge < -0.3 is 15.0 Å². The summed E-state index contributed by atoms with van der Waals surface area (Å²) in [7, 11) is 0. The van der Waals surface area contributed by atoms with E-state index in [1.54, 1.807) is 6.20 Å². The molecule has 2 N–H and O–H groups in total. The van der Waals surface area contributed by atoms with Crippen LogP contribution in [0.25, 0.3) is 0 Å². The van der Waals surface area contributed by atoms with Gasteiger partial charge in [-0.05, 0) is 48.7 Å². The average Bonchev–Trinajstić information content (AvgIpc) is 2.70. The molecule has 0 aliphatic carbocycles. The highest BCUT2D eigenvalue weighted by Crippen LogP contribution is 2.41. The molecule has 1 amide bonds. The van der Waals surface area contributed by atoms with Crippen LogP contribution in [0.5, 0.6) is 5.75 Å². The van der Waals surface area contributed by atoms with E-state index in [-0.39, 0.29) is 11.5 Å². The first kappa shape index (κ1) is 18.0. The molecule has 0 spiro atoms. The number of carbonyl (C=O) groups excluding carboxylic acids is 1. The number of fused-ring (bicyclic) bond motifs is 1. The highest BCUT2D eigenvalue weighted by molar-refractivity contribution is 5.94. The number of amides is 1. The molecule has 1 aliphatic heterocycles. The van der Waals surface area contributed by atoms with Crippen LogP contribution in [0, 0.1) is 13.8 Å². The van der Waals surface area contributed by atoms with Crippen LogP contribution in [-0.4, -0.2) is 22.5 Å². The number of nitrogens with one attached hydrogen (secondary N) is 2. The van der Waals surface area contributed by atoms with Crippen molar-refractivity contribution in [1.82, 2.24) is 15.3 Å². The van der Waals surface area contributed by atoms with Crippen LogP contribution in [0.4, 0.5) is 0 Å². The quantitative estimate of drug-likeness (QED) is 0.737. The Morgan fingerprint density at radius 3 is 2.79 bits per heavy atom. The maximum atomic E-state index is 13.1. The minimum Gasteiger partial charge on any atom is -0.491 e. The molecule has 0 fully saturated rings. The van der Waals surface area contributed by atoms with E-state index in [0.29, 0.717) is 30.0 Å². The summed E-state index contributed by atoms with van der Waals surface area (Å²) in [5.41, 5.74) is 3.27. The fourth-order valence-corrected chi connectivity index (χ4v) is 3.56. The van der Waals surface area contributed by atoms with E-state index >= 15 is 0 Å². The number of rotatable bonds is 3. The second-order valence-corrected chi connectivity index (χ2v) is 7.05. The summed E-state index contributed by atoms with van der Waals surface area (Å²) < 4.78 is 5.80. The molecule has 0 bridgehead atoms. The SMILES string of the molecule is Cc1ccc([C@@]2(NC(=O)c3ccc(=O)[nH]c3)CCOc3cccnc32)cc1C. The van der Waals surface area contributed by atoms with Crippen molar-refractivity contribution in [2.75, 3.05) is 6.61 Å². The molecule has 0 saturated heterocycles. The van der Waals surface area contributed by atoms with E-state index in [2.05, 4.69) is 41.3 Å². The molecule has 4 rings (SSSR count). The van der Waals surface area contributed by atoms with Gasteiger partial charge in [-0.15, -0.1) is 0 Å². The van der Waals surface area contributed by atoms with Crippen LogP contribution < -0.4 is 15.6 Å². The molecule has 0 saturated carbocycles. The van der Waals surface area contributed by atoms with E-state index in [0.717, 1.165) is 11.1 Å². The lowest BCUT2D eigenvalue weighted by Crippen LogP contribution is -2.50. The van der Waals surface area contributed by atoms with Gasteiger partial charge in [-0.3, -0.25) is 14.6 Å². The van der Waals surface area contributed by atoms with Crippen LogP contribution in [-0.2, 0) is 5.54 Å². The Hall–Kier alpha value is -3.41. The third-order valence-corrected chi connectivity index (χ3v) is 5.28. The van der Waals surface area contributed by atoms with Gasteiger partial charge in [0, 0.05) is 24.9 Å². The lowest BCUT2D eigenvalue weighted by Gasteiger charge is -2.39. The monoisotopic (exact) mass is 375 g/mol. The minimum absolute atomic E-state index is 0.251. The number of hydrogen-bond acceptors (Lipinski definition) is 4. The maximum Gasteiger partial charge on any atom is 0.253 e. The van der Waals surface area contributed by atoms with Crippen molar-refractivity contribution in [3.8, 4) is 5.75 Å². The predicted molar refractivity (Wildman–Crippen MR) is 106 cm³/mol. The van der Waals surface area contributed by atoms with E-state index in [1.165, 1.54) is 23.9 Å². The molecule has 6 heteroatoms. The van der Waals surface area contributed by atoms with Gasteiger partial charge in [-0.25, -0.2) is 0 Å². The third kappa shape index (κ3) is 3.07. The van der Waals surface area contributed by atoms with Crippen molar-refractivity contribution in [2.45, 2.75) is 25.8 Å². The van der Waals surface area contributed by atoms with Crippen molar-refractivity contribution < 1.29 is 9.53 Å². The number of pyridine rings is 2. The van der Waals surface area contributed by atoms with E-state index in [9.17, 15) is 9.59 Å². The Kier molecular flexibility index (Phi) is 4.47. The zero-order valence-corrected chi connectivity index (χ0v) is 15.8. The molecule has 3 heterocycles. The van der Waals surface area contributed by atoms with Gasteiger partial charge in [0.2, 0.25) is 5.56 Å². The van der Waals surface area contributed by atoms with Crippen LogP contribution >= 0.6 is 0 Å². The molecule has 28 heavy (non-hydrogen) atoms. The number of aromatic nitrogens is 2. The smallest absolute Gasteiger partial charge is 0.253 e. The average molecular weight is 375 g/mol. The normalized spacial score (nSPS) is 18.1. The lowest BCUT2D eigenvalue weighted by molar-refractivity contribution is 0.0883. The Morgan fingerprint density at radius 1 is 1.18 bits per heavy atom. The Labute approximate surface area is 162 Å².